The summed E-state index contributed by atoms with van der Waals surface area (Å²) in [4.78, 5) is 10.3. The standard InChI is InChI=1S/C20H30O2/c1-2-3-4-5-6-7-8-9-10-11-12-13-14-15-16-17-18-19-20(21)22/h4-7,9-12,15-16H,2-3,8,13-14,17-19H2,1H3,(H,21,22)/b5-4+,7-6-,10-9-,12-11-,16-15-. The van der Waals surface area contributed by atoms with E-state index in [4.69, 9.17) is 5.11 Å². The molecule has 0 fully saturated rings. The molecule has 0 aromatic carbocycles. The number of hydrogen-bond donors (Lipinski definition) is 1. The Morgan fingerprint density at radius 1 is 0.773 bits per heavy atom. The first-order valence-corrected chi connectivity index (χ1v) is 8.27. The monoisotopic (exact) mass is 302 g/mol. The maximum Gasteiger partial charge on any atom is 0.303 e. The van der Waals surface area contributed by atoms with Crippen LogP contribution in [0.2, 0.25) is 0 Å². The molecule has 0 aliphatic heterocycles. The number of allylic oxidation sites excluding steroid dienone is 10. The first-order valence-electron chi connectivity index (χ1n) is 8.27. The molecule has 0 aliphatic rings. The molecule has 1 N–H and O–H groups in total. The Morgan fingerprint density at radius 3 is 1.95 bits per heavy atom. The Morgan fingerprint density at radius 2 is 1.32 bits per heavy atom. The zero-order chi connectivity index (χ0) is 16.3. The zero-order valence-corrected chi connectivity index (χ0v) is 13.8. The SMILES string of the molecule is CCC/C=C/C=C\C/C=C\C=C/CC/C=C\CCCC(=O)O. The Hall–Kier alpha value is -1.83. The van der Waals surface area contributed by atoms with E-state index in [-0.39, 0.29) is 6.42 Å². The van der Waals surface area contributed by atoms with Crippen LogP contribution in [0, 0.1) is 0 Å². The van der Waals surface area contributed by atoms with E-state index in [0.29, 0.717) is 0 Å². The summed E-state index contributed by atoms with van der Waals surface area (Å²) < 4.78 is 0. The number of unbranched alkanes of at least 4 members (excludes halogenated alkanes) is 3. The average Bonchev–Trinajstić information content (AvgIpc) is 2.50. The predicted octanol–water partition coefficient (Wildman–Crippen LogP) is 5.99. The minimum Gasteiger partial charge on any atom is -0.481 e. The maximum absolute atomic E-state index is 10.3. The fraction of sp³-hybridized carbons (Fsp3) is 0.450. The van der Waals surface area contributed by atoms with Crippen LogP contribution in [0.1, 0.15) is 58.3 Å². The van der Waals surface area contributed by atoms with Gasteiger partial charge in [-0.3, -0.25) is 4.79 Å². The Kier molecular flexibility index (Phi) is 15.8. The molecule has 22 heavy (non-hydrogen) atoms. The second-order valence-electron chi connectivity index (χ2n) is 5.07. The van der Waals surface area contributed by atoms with Crippen LogP contribution in [0.3, 0.4) is 0 Å². The normalized spacial score (nSPS) is 12.8. The van der Waals surface area contributed by atoms with Crippen molar-refractivity contribution in [1.82, 2.24) is 0 Å². The molecule has 0 aromatic heterocycles. The van der Waals surface area contributed by atoms with Crippen molar-refractivity contribution in [2.24, 2.45) is 0 Å². The molecule has 2 nitrogen and oxygen atoms in total. The van der Waals surface area contributed by atoms with E-state index in [1.807, 2.05) is 0 Å². The van der Waals surface area contributed by atoms with Gasteiger partial charge in [0.25, 0.3) is 0 Å². The van der Waals surface area contributed by atoms with Gasteiger partial charge >= 0.3 is 5.97 Å². The summed E-state index contributed by atoms with van der Waals surface area (Å²) in [5.41, 5.74) is 0. The summed E-state index contributed by atoms with van der Waals surface area (Å²) in [6.07, 6.45) is 28.4. The van der Waals surface area contributed by atoms with Gasteiger partial charge in [0.05, 0.1) is 0 Å². The molecule has 0 bridgehead atoms. The van der Waals surface area contributed by atoms with Gasteiger partial charge in [0, 0.05) is 6.42 Å². The van der Waals surface area contributed by atoms with Gasteiger partial charge < -0.3 is 5.11 Å². The van der Waals surface area contributed by atoms with E-state index < -0.39 is 5.97 Å². The van der Waals surface area contributed by atoms with Crippen LogP contribution in [-0.2, 0) is 4.79 Å². The summed E-state index contributed by atoms with van der Waals surface area (Å²) in [7, 11) is 0. The van der Waals surface area contributed by atoms with Crippen LogP contribution in [0.4, 0.5) is 0 Å². The van der Waals surface area contributed by atoms with Crippen molar-refractivity contribution in [2.45, 2.75) is 58.3 Å². The molecule has 0 aliphatic carbocycles. The van der Waals surface area contributed by atoms with E-state index in [0.717, 1.165) is 38.5 Å². The number of carboxylic acids is 1. The molecule has 0 amide bonds. The minimum atomic E-state index is -0.713. The van der Waals surface area contributed by atoms with Gasteiger partial charge in [-0.15, -0.1) is 0 Å². The predicted molar refractivity (Wildman–Crippen MR) is 95.9 cm³/mol. The van der Waals surface area contributed by atoms with Crippen LogP contribution in [0.25, 0.3) is 0 Å². The second kappa shape index (κ2) is 17.2. The van der Waals surface area contributed by atoms with Gasteiger partial charge in [-0.2, -0.15) is 0 Å². The van der Waals surface area contributed by atoms with Crippen molar-refractivity contribution in [3.8, 4) is 0 Å². The van der Waals surface area contributed by atoms with Gasteiger partial charge in [-0.25, -0.2) is 0 Å². The lowest BCUT2D eigenvalue weighted by Gasteiger charge is -1.90. The molecule has 0 atom stereocenters. The van der Waals surface area contributed by atoms with Crippen molar-refractivity contribution < 1.29 is 9.90 Å². The summed E-state index contributed by atoms with van der Waals surface area (Å²) in [5.74, 6) is -0.713. The molecule has 0 radical (unpaired) electrons. The van der Waals surface area contributed by atoms with Crippen molar-refractivity contribution in [1.29, 1.82) is 0 Å². The van der Waals surface area contributed by atoms with Gasteiger partial charge in [-0.05, 0) is 38.5 Å². The van der Waals surface area contributed by atoms with E-state index >= 15 is 0 Å². The zero-order valence-electron chi connectivity index (χ0n) is 13.8. The lowest BCUT2D eigenvalue weighted by molar-refractivity contribution is -0.137. The number of rotatable bonds is 13. The van der Waals surface area contributed by atoms with Crippen molar-refractivity contribution in [3.05, 3.63) is 60.8 Å². The molecule has 0 saturated heterocycles. The third kappa shape index (κ3) is 18.2. The third-order valence-electron chi connectivity index (χ3n) is 2.92. The van der Waals surface area contributed by atoms with E-state index in [1.165, 1.54) is 6.42 Å². The first kappa shape index (κ1) is 20.2. The minimum absolute atomic E-state index is 0.262. The van der Waals surface area contributed by atoms with E-state index in [9.17, 15) is 4.79 Å². The number of aliphatic carboxylic acids is 1. The highest BCUT2D eigenvalue weighted by molar-refractivity contribution is 5.66. The van der Waals surface area contributed by atoms with Crippen LogP contribution in [0.5, 0.6) is 0 Å². The molecule has 0 rings (SSSR count). The molecule has 0 unspecified atom stereocenters. The molecular formula is C20H30O2. The summed E-state index contributed by atoms with van der Waals surface area (Å²) >= 11 is 0. The van der Waals surface area contributed by atoms with Crippen molar-refractivity contribution >= 4 is 5.97 Å². The molecule has 122 valence electrons. The Balaban J connectivity index is 3.48. The smallest absolute Gasteiger partial charge is 0.303 e. The lowest BCUT2D eigenvalue weighted by atomic mass is 10.2. The van der Waals surface area contributed by atoms with E-state index in [1.54, 1.807) is 0 Å². The van der Waals surface area contributed by atoms with Crippen molar-refractivity contribution in [2.75, 3.05) is 0 Å². The molecule has 0 spiro atoms. The average molecular weight is 302 g/mol. The summed E-state index contributed by atoms with van der Waals surface area (Å²) in [6.45, 7) is 2.18. The van der Waals surface area contributed by atoms with Gasteiger partial charge in [0.1, 0.15) is 0 Å². The Labute approximate surface area is 135 Å². The number of carboxylic acid groups (broad SMARTS) is 1. The first-order chi connectivity index (χ1) is 10.8. The second-order valence-corrected chi connectivity index (χ2v) is 5.07. The van der Waals surface area contributed by atoms with Crippen LogP contribution in [0.15, 0.2) is 60.8 Å². The lowest BCUT2D eigenvalue weighted by Crippen LogP contribution is -1.92. The van der Waals surface area contributed by atoms with Gasteiger partial charge in [0.15, 0.2) is 0 Å². The van der Waals surface area contributed by atoms with Crippen molar-refractivity contribution in [3.63, 3.8) is 0 Å². The highest BCUT2D eigenvalue weighted by Gasteiger charge is 1.92. The summed E-state index contributed by atoms with van der Waals surface area (Å²) in [6, 6.07) is 0. The largest absolute Gasteiger partial charge is 0.481 e. The van der Waals surface area contributed by atoms with Gasteiger partial charge in [0.2, 0.25) is 0 Å². The highest BCUT2D eigenvalue weighted by Crippen LogP contribution is 2.00. The van der Waals surface area contributed by atoms with Gasteiger partial charge in [-0.1, -0.05) is 74.1 Å². The molecule has 0 saturated carbocycles. The number of carbonyl (C=O) groups is 1. The third-order valence-corrected chi connectivity index (χ3v) is 2.92. The maximum atomic E-state index is 10.3. The van der Waals surface area contributed by atoms with E-state index in [2.05, 4.69) is 67.7 Å². The van der Waals surface area contributed by atoms with Crippen LogP contribution < -0.4 is 0 Å². The molecule has 2 heteroatoms. The fourth-order valence-corrected chi connectivity index (χ4v) is 1.71. The van der Waals surface area contributed by atoms with Crippen LogP contribution in [-0.4, -0.2) is 11.1 Å². The Bertz CT molecular complexity index is 398. The summed E-state index contributed by atoms with van der Waals surface area (Å²) in [5, 5.41) is 8.49. The number of hydrogen-bond acceptors (Lipinski definition) is 1. The molecule has 0 aromatic rings. The molecule has 0 heterocycles. The molecular weight excluding hydrogens is 272 g/mol. The van der Waals surface area contributed by atoms with Crippen LogP contribution >= 0.6 is 0 Å². The topological polar surface area (TPSA) is 37.3 Å². The highest BCUT2D eigenvalue weighted by atomic mass is 16.4. The quantitative estimate of drug-likeness (QED) is 0.258. The fourth-order valence-electron chi connectivity index (χ4n) is 1.71.